The molecule has 0 aliphatic heterocycles. The van der Waals surface area contributed by atoms with Crippen LogP contribution in [0.5, 0.6) is 5.75 Å². The molecule has 0 saturated heterocycles. The molecule has 1 aromatic rings. The molecule has 0 amide bonds. The molecular weight excluding hydrogens is 193 g/mol. The number of ether oxygens (including phenoxy) is 1. The number of halogens is 2. The van der Waals surface area contributed by atoms with E-state index < -0.39 is 5.82 Å². The number of hydrogen-bond donors (Lipinski definition) is 1. The minimum atomic E-state index is -0.416. The van der Waals surface area contributed by atoms with Gasteiger partial charge in [0.2, 0.25) is 0 Å². The number of nitrogens with two attached hydrogens (primary N) is 1. The summed E-state index contributed by atoms with van der Waals surface area (Å²) in [7, 11) is 1.42. The number of rotatable bonds is 3. The smallest absolute Gasteiger partial charge is 0.169 e. The van der Waals surface area contributed by atoms with Crippen LogP contribution in [0.1, 0.15) is 5.56 Å². The van der Waals surface area contributed by atoms with Gasteiger partial charge in [-0.1, -0.05) is 11.6 Å². The highest BCUT2D eigenvalue weighted by Crippen LogP contribution is 2.27. The van der Waals surface area contributed by atoms with Crippen LogP contribution in [0.25, 0.3) is 0 Å². The maximum Gasteiger partial charge on any atom is 0.169 e. The molecule has 1 aromatic carbocycles. The van der Waals surface area contributed by atoms with Crippen molar-refractivity contribution in [2.45, 2.75) is 6.42 Å². The molecule has 0 bridgehead atoms. The van der Waals surface area contributed by atoms with Crippen LogP contribution in [0.4, 0.5) is 4.39 Å². The predicted octanol–water partition coefficient (Wildman–Crippen LogP) is 1.99. The van der Waals surface area contributed by atoms with Gasteiger partial charge in [0, 0.05) is 10.6 Å². The van der Waals surface area contributed by atoms with E-state index in [4.69, 9.17) is 22.1 Å². The van der Waals surface area contributed by atoms with Gasteiger partial charge >= 0.3 is 0 Å². The Morgan fingerprint density at radius 3 is 2.77 bits per heavy atom. The van der Waals surface area contributed by atoms with E-state index in [1.165, 1.54) is 13.2 Å². The molecule has 0 fully saturated rings. The van der Waals surface area contributed by atoms with Crippen molar-refractivity contribution in [1.29, 1.82) is 0 Å². The van der Waals surface area contributed by atoms with Gasteiger partial charge in [-0.2, -0.15) is 0 Å². The lowest BCUT2D eigenvalue weighted by Crippen LogP contribution is -2.06. The Labute approximate surface area is 81.4 Å². The van der Waals surface area contributed by atoms with Crippen molar-refractivity contribution in [2.75, 3.05) is 13.7 Å². The monoisotopic (exact) mass is 203 g/mol. The highest BCUT2D eigenvalue weighted by molar-refractivity contribution is 6.31. The average molecular weight is 204 g/mol. The molecule has 2 N–H and O–H groups in total. The third kappa shape index (κ3) is 2.11. The van der Waals surface area contributed by atoms with Crippen molar-refractivity contribution >= 4 is 11.6 Å². The lowest BCUT2D eigenvalue weighted by Gasteiger charge is -2.08. The molecule has 0 heterocycles. The van der Waals surface area contributed by atoms with Gasteiger partial charge in [-0.05, 0) is 25.1 Å². The van der Waals surface area contributed by atoms with Crippen LogP contribution in [0.15, 0.2) is 12.1 Å². The van der Waals surface area contributed by atoms with Crippen molar-refractivity contribution in [3.05, 3.63) is 28.5 Å². The van der Waals surface area contributed by atoms with Crippen LogP contribution >= 0.6 is 11.6 Å². The normalized spacial score (nSPS) is 10.2. The zero-order valence-corrected chi connectivity index (χ0v) is 8.07. The lowest BCUT2D eigenvalue weighted by atomic mass is 10.1. The topological polar surface area (TPSA) is 35.2 Å². The van der Waals surface area contributed by atoms with Crippen LogP contribution in [-0.4, -0.2) is 13.7 Å². The SMILES string of the molecule is COc1ccc(Cl)c(CCN)c1F. The highest BCUT2D eigenvalue weighted by atomic mass is 35.5. The van der Waals surface area contributed by atoms with Crippen LogP contribution < -0.4 is 10.5 Å². The maximum absolute atomic E-state index is 13.5. The third-order valence-corrected chi connectivity index (χ3v) is 2.12. The molecule has 1 rings (SSSR count). The van der Waals surface area contributed by atoms with Crippen LogP contribution in [0.2, 0.25) is 5.02 Å². The number of benzene rings is 1. The molecule has 0 radical (unpaired) electrons. The molecule has 0 aliphatic rings. The van der Waals surface area contributed by atoms with Gasteiger partial charge in [0.05, 0.1) is 7.11 Å². The summed E-state index contributed by atoms with van der Waals surface area (Å²) in [5.74, 6) is -0.215. The Morgan fingerprint density at radius 1 is 1.54 bits per heavy atom. The fourth-order valence-electron chi connectivity index (χ4n) is 1.11. The van der Waals surface area contributed by atoms with E-state index in [1.54, 1.807) is 6.07 Å². The molecule has 0 atom stereocenters. The van der Waals surface area contributed by atoms with E-state index in [0.717, 1.165) is 0 Å². The molecule has 0 aromatic heterocycles. The van der Waals surface area contributed by atoms with Gasteiger partial charge in [-0.15, -0.1) is 0 Å². The Hall–Kier alpha value is -0.800. The minimum absolute atomic E-state index is 0.202. The first-order valence-corrected chi connectivity index (χ1v) is 4.29. The van der Waals surface area contributed by atoms with Gasteiger partial charge in [-0.3, -0.25) is 0 Å². The van der Waals surface area contributed by atoms with E-state index in [-0.39, 0.29) is 5.75 Å². The molecule has 4 heteroatoms. The first-order chi connectivity index (χ1) is 6.20. The lowest BCUT2D eigenvalue weighted by molar-refractivity contribution is 0.384. The second kappa shape index (κ2) is 4.44. The summed E-state index contributed by atoms with van der Waals surface area (Å²) in [6, 6.07) is 3.10. The molecule has 13 heavy (non-hydrogen) atoms. The van der Waals surface area contributed by atoms with E-state index in [9.17, 15) is 4.39 Å². The van der Waals surface area contributed by atoms with E-state index in [2.05, 4.69) is 0 Å². The molecule has 72 valence electrons. The summed E-state index contributed by atoms with van der Waals surface area (Å²) in [6.45, 7) is 0.365. The maximum atomic E-state index is 13.5. The fraction of sp³-hybridized carbons (Fsp3) is 0.333. The van der Waals surface area contributed by atoms with Crippen molar-refractivity contribution in [3.8, 4) is 5.75 Å². The van der Waals surface area contributed by atoms with Crippen molar-refractivity contribution in [1.82, 2.24) is 0 Å². The van der Waals surface area contributed by atoms with E-state index in [0.29, 0.717) is 23.6 Å². The fourth-order valence-corrected chi connectivity index (χ4v) is 1.35. The second-order valence-electron chi connectivity index (χ2n) is 2.58. The summed E-state index contributed by atoms with van der Waals surface area (Å²) in [4.78, 5) is 0. The summed E-state index contributed by atoms with van der Waals surface area (Å²) in [5, 5.41) is 0.392. The minimum Gasteiger partial charge on any atom is -0.494 e. The molecule has 0 saturated carbocycles. The highest BCUT2D eigenvalue weighted by Gasteiger charge is 2.11. The van der Waals surface area contributed by atoms with Crippen LogP contribution in [0.3, 0.4) is 0 Å². The Balaban J connectivity index is 3.13. The summed E-state index contributed by atoms with van der Waals surface area (Å²) in [6.07, 6.45) is 0.419. The molecule has 0 aliphatic carbocycles. The molecule has 2 nitrogen and oxygen atoms in total. The van der Waals surface area contributed by atoms with Gasteiger partial charge < -0.3 is 10.5 Å². The molecular formula is C9H11ClFNO. The summed E-state index contributed by atoms with van der Waals surface area (Å²) < 4.78 is 18.3. The van der Waals surface area contributed by atoms with Gasteiger partial charge in [-0.25, -0.2) is 4.39 Å². The van der Waals surface area contributed by atoms with Gasteiger partial charge in [0.25, 0.3) is 0 Å². The van der Waals surface area contributed by atoms with E-state index >= 15 is 0 Å². The number of hydrogen-bond acceptors (Lipinski definition) is 2. The second-order valence-corrected chi connectivity index (χ2v) is 2.99. The Bertz CT molecular complexity index is 304. The number of methoxy groups -OCH3 is 1. The Morgan fingerprint density at radius 2 is 2.23 bits per heavy atom. The zero-order valence-electron chi connectivity index (χ0n) is 7.31. The van der Waals surface area contributed by atoms with Crippen molar-refractivity contribution in [2.24, 2.45) is 5.73 Å². The standard InChI is InChI=1S/C9H11ClFNO/c1-13-8-3-2-7(10)6(4-5-12)9(8)11/h2-3H,4-5,12H2,1H3. The largest absolute Gasteiger partial charge is 0.494 e. The molecule has 0 unspecified atom stereocenters. The molecule has 0 spiro atoms. The summed E-state index contributed by atoms with van der Waals surface area (Å²) in [5.41, 5.74) is 5.74. The first-order valence-electron chi connectivity index (χ1n) is 3.91. The third-order valence-electron chi connectivity index (χ3n) is 1.76. The first kappa shape index (κ1) is 10.3. The Kier molecular flexibility index (Phi) is 3.51. The van der Waals surface area contributed by atoms with Crippen molar-refractivity contribution in [3.63, 3.8) is 0 Å². The average Bonchev–Trinajstić information content (AvgIpc) is 2.12. The quantitative estimate of drug-likeness (QED) is 0.816. The van der Waals surface area contributed by atoms with Crippen LogP contribution in [-0.2, 0) is 6.42 Å². The van der Waals surface area contributed by atoms with Crippen molar-refractivity contribution < 1.29 is 9.13 Å². The van der Waals surface area contributed by atoms with Gasteiger partial charge in [0.1, 0.15) is 0 Å². The van der Waals surface area contributed by atoms with Gasteiger partial charge in [0.15, 0.2) is 11.6 Å². The summed E-state index contributed by atoms with van der Waals surface area (Å²) >= 11 is 5.79. The van der Waals surface area contributed by atoms with E-state index in [1.807, 2.05) is 0 Å². The van der Waals surface area contributed by atoms with Crippen LogP contribution in [0, 0.1) is 5.82 Å². The predicted molar refractivity (Wildman–Crippen MR) is 50.7 cm³/mol. The zero-order chi connectivity index (χ0) is 9.84.